The zero-order valence-corrected chi connectivity index (χ0v) is 10.5. The van der Waals surface area contributed by atoms with Gasteiger partial charge in [0.2, 0.25) is 5.91 Å². The lowest BCUT2D eigenvalue weighted by Gasteiger charge is -2.34. The third kappa shape index (κ3) is 4.49. The highest BCUT2D eigenvalue weighted by molar-refractivity contribution is 5.76. The van der Waals surface area contributed by atoms with Crippen molar-refractivity contribution in [1.29, 1.82) is 0 Å². The average Bonchev–Trinajstić information content (AvgIpc) is 2.27. The van der Waals surface area contributed by atoms with Crippen LogP contribution in [-0.4, -0.2) is 42.5 Å². The molecule has 0 saturated carbocycles. The van der Waals surface area contributed by atoms with Crippen LogP contribution in [0.4, 0.5) is 0 Å². The van der Waals surface area contributed by atoms with Crippen molar-refractivity contribution in [2.24, 2.45) is 5.73 Å². The standard InChI is InChI=1S/C12H25N3O/c1-10(2)15-8-5-11(6-9-15)14-12(16)4-3-7-13/h10-11H,3-9,13H2,1-2H3,(H,14,16). The van der Waals surface area contributed by atoms with E-state index in [1.54, 1.807) is 0 Å². The Hall–Kier alpha value is -0.610. The van der Waals surface area contributed by atoms with Crippen LogP contribution in [0.2, 0.25) is 0 Å². The number of nitrogens with one attached hydrogen (secondary N) is 1. The molecule has 0 aromatic carbocycles. The van der Waals surface area contributed by atoms with Gasteiger partial charge in [-0.1, -0.05) is 0 Å². The molecule has 1 aliphatic rings. The third-order valence-corrected chi connectivity index (χ3v) is 3.23. The fourth-order valence-corrected chi connectivity index (χ4v) is 2.12. The Morgan fingerprint density at radius 1 is 1.44 bits per heavy atom. The molecule has 0 aliphatic carbocycles. The van der Waals surface area contributed by atoms with Gasteiger partial charge in [0, 0.05) is 31.6 Å². The van der Waals surface area contributed by atoms with E-state index in [0.29, 0.717) is 25.0 Å². The molecule has 16 heavy (non-hydrogen) atoms. The summed E-state index contributed by atoms with van der Waals surface area (Å²) in [6.45, 7) is 7.23. The summed E-state index contributed by atoms with van der Waals surface area (Å²) in [6.07, 6.45) is 3.51. The molecule has 4 nitrogen and oxygen atoms in total. The maximum absolute atomic E-state index is 11.5. The van der Waals surface area contributed by atoms with Crippen LogP contribution in [0.3, 0.4) is 0 Å². The number of rotatable bonds is 5. The maximum Gasteiger partial charge on any atom is 0.220 e. The van der Waals surface area contributed by atoms with Crippen LogP contribution in [0.1, 0.15) is 39.5 Å². The van der Waals surface area contributed by atoms with Gasteiger partial charge in [-0.15, -0.1) is 0 Å². The molecule has 94 valence electrons. The maximum atomic E-state index is 11.5. The van der Waals surface area contributed by atoms with Crippen LogP contribution in [0.15, 0.2) is 0 Å². The number of hydrogen-bond donors (Lipinski definition) is 2. The van der Waals surface area contributed by atoms with Gasteiger partial charge in [0.05, 0.1) is 0 Å². The first-order chi connectivity index (χ1) is 7.63. The van der Waals surface area contributed by atoms with E-state index in [9.17, 15) is 4.79 Å². The number of carbonyl (C=O) groups is 1. The lowest BCUT2D eigenvalue weighted by molar-refractivity contribution is -0.122. The van der Waals surface area contributed by atoms with Crippen molar-refractivity contribution < 1.29 is 4.79 Å². The largest absolute Gasteiger partial charge is 0.353 e. The number of amides is 1. The Labute approximate surface area is 98.6 Å². The molecule has 1 rings (SSSR count). The van der Waals surface area contributed by atoms with Crippen molar-refractivity contribution in [2.75, 3.05) is 19.6 Å². The molecule has 0 radical (unpaired) electrons. The lowest BCUT2D eigenvalue weighted by atomic mass is 10.0. The monoisotopic (exact) mass is 227 g/mol. The fourth-order valence-electron chi connectivity index (χ4n) is 2.12. The first-order valence-electron chi connectivity index (χ1n) is 6.37. The fraction of sp³-hybridized carbons (Fsp3) is 0.917. The molecular formula is C12H25N3O. The topological polar surface area (TPSA) is 58.4 Å². The van der Waals surface area contributed by atoms with Crippen LogP contribution < -0.4 is 11.1 Å². The molecule has 0 aromatic rings. The van der Waals surface area contributed by atoms with E-state index in [0.717, 1.165) is 32.4 Å². The first kappa shape index (κ1) is 13.5. The number of hydrogen-bond acceptors (Lipinski definition) is 3. The lowest BCUT2D eigenvalue weighted by Crippen LogP contribution is -2.46. The molecule has 1 amide bonds. The van der Waals surface area contributed by atoms with Gasteiger partial charge >= 0.3 is 0 Å². The second-order valence-corrected chi connectivity index (χ2v) is 4.86. The van der Waals surface area contributed by atoms with E-state index < -0.39 is 0 Å². The molecule has 4 heteroatoms. The zero-order valence-electron chi connectivity index (χ0n) is 10.5. The third-order valence-electron chi connectivity index (χ3n) is 3.23. The highest BCUT2D eigenvalue weighted by Crippen LogP contribution is 2.12. The summed E-state index contributed by atoms with van der Waals surface area (Å²) in [7, 11) is 0. The van der Waals surface area contributed by atoms with Crippen LogP contribution in [0, 0.1) is 0 Å². The number of nitrogens with zero attached hydrogens (tertiary/aromatic N) is 1. The second kappa shape index (κ2) is 6.86. The normalized spacial score (nSPS) is 19.0. The summed E-state index contributed by atoms with van der Waals surface area (Å²) in [5, 5.41) is 3.09. The Balaban J connectivity index is 2.19. The highest BCUT2D eigenvalue weighted by Gasteiger charge is 2.21. The average molecular weight is 227 g/mol. The van der Waals surface area contributed by atoms with E-state index >= 15 is 0 Å². The molecule has 0 bridgehead atoms. The minimum atomic E-state index is 0.161. The van der Waals surface area contributed by atoms with Crippen LogP contribution >= 0.6 is 0 Å². The zero-order chi connectivity index (χ0) is 12.0. The summed E-state index contributed by atoms with van der Waals surface area (Å²) in [6, 6.07) is 0.995. The molecule has 1 fully saturated rings. The molecular weight excluding hydrogens is 202 g/mol. The second-order valence-electron chi connectivity index (χ2n) is 4.86. The molecule has 1 aliphatic heterocycles. The van der Waals surface area contributed by atoms with Crippen molar-refractivity contribution in [3.05, 3.63) is 0 Å². The molecule has 0 unspecified atom stereocenters. The number of likely N-dealkylation sites (tertiary alicyclic amines) is 1. The predicted octanol–water partition coefficient (Wildman–Crippen LogP) is 0.714. The molecule has 1 heterocycles. The summed E-state index contributed by atoms with van der Waals surface area (Å²) in [5.41, 5.74) is 5.37. The number of nitrogens with two attached hydrogens (primary N) is 1. The molecule has 1 saturated heterocycles. The van der Waals surface area contributed by atoms with Gasteiger partial charge in [0.25, 0.3) is 0 Å². The van der Waals surface area contributed by atoms with E-state index in [4.69, 9.17) is 5.73 Å². The highest BCUT2D eigenvalue weighted by atomic mass is 16.1. The quantitative estimate of drug-likeness (QED) is 0.727. The predicted molar refractivity (Wildman–Crippen MR) is 66.2 cm³/mol. The van der Waals surface area contributed by atoms with Gasteiger partial charge in [-0.3, -0.25) is 4.79 Å². The Morgan fingerprint density at radius 3 is 2.56 bits per heavy atom. The van der Waals surface area contributed by atoms with E-state index in [-0.39, 0.29) is 5.91 Å². The SMILES string of the molecule is CC(C)N1CCC(NC(=O)CCCN)CC1. The van der Waals surface area contributed by atoms with Crippen LogP contribution in [-0.2, 0) is 4.79 Å². The summed E-state index contributed by atoms with van der Waals surface area (Å²) >= 11 is 0. The van der Waals surface area contributed by atoms with Crippen molar-refractivity contribution in [3.63, 3.8) is 0 Å². The Bertz CT molecular complexity index is 210. The summed E-state index contributed by atoms with van der Waals surface area (Å²) in [4.78, 5) is 14.0. The minimum absolute atomic E-state index is 0.161. The van der Waals surface area contributed by atoms with E-state index in [2.05, 4.69) is 24.1 Å². The minimum Gasteiger partial charge on any atom is -0.353 e. The van der Waals surface area contributed by atoms with Crippen molar-refractivity contribution in [1.82, 2.24) is 10.2 Å². The smallest absolute Gasteiger partial charge is 0.220 e. The summed E-state index contributed by atoms with van der Waals surface area (Å²) in [5.74, 6) is 0.161. The molecule has 0 atom stereocenters. The van der Waals surface area contributed by atoms with Crippen molar-refractivity contribution >= 4 is 5.91 Å². The summed E-state index contributed by atoms with van der Waals surface area (Å²) < 4.78 is 0. The van der Waals surface area contributed by atoms with Crippen LogP contribution in [0.25, 0.3) is 0 Å². The van der Waals surface area contributed by atoms with Gasteiger partial charge in [-0.05, 0) is 39.7 Å². The van der Waals surface area contributed by atoms with Gasteiger partial charge in [-0.25, -0.2) is 0 Å². The first-order valence-corrected chi connectivity index (χ1v) is 6.37. The number of piperidine rings is 1. The number of carbonyl (C=O) groups excluding carboxylic acids is 1. The van der Waals surface area contributed by atoms with Crippen molar-refractivity contribution in [3.8, 4) is 0 Å². The van der Waals surface area contributed by atoms with Gasteiger partial charge in [0.1, 0.15) is 0 Å². The van der Waals surface area contributed by atoms with Crippen LogP contribution in [0.5, 0.6) is 0 Å². The van der Waals surface area contributed by atoms with Gasteiger partial charge in [-0.2, -0.15) is 0 Å². The molecule has 0 aromatic heterocycles. The molecule has 0 spiro atoms. The van der Waals surface area contributed by atoms with Crippen molar-refractivity contribution in [2.45, 2.75) is 51.6 Å². The van der Waals surface area contributed by atoms with E-state index in [1.807, 2.05) is 0 Å². The van der Waals surface area contributed by atoms with Gasteiger partial charge < -0.3 is 16.0 Å². The Morgan fingerprint density at radius 2 is 2.06 bits per heavy atom. The van der Waals surface area contributed by atoms with Gasteiger partial charge in [0.15, 0.2) is 0 Å². The Kier molecular flexibility index (Phi) is 5.77. The van der Waals surface area contributed by atoms with E-state index in [1.165, 1.54) is 0 Å². The molecule has 3 N–H and O–H groups in total.